The van der Waals surface area contributed by atoms with Gasteiger partial charge >= 0.3 is 6.03 Å². The Morgan fingerprint density at radius 3 is 2.48 bits per heavy atom. The van der Waals surface area contributed by atoms with Crippen molar-refractivity contribution >= 4 is 28.1 Å². The van der Waals surface area contributed by atoms with E-state index in [1.807, 2.05) is 18.2 Å². The van der Waals surface area contributed by atoms with Gasteiger partial charge in [-0.1, -0.05) is 0 Å². The Morgan fingerprint density at radius 2 is 1.88 bits per heavy atom. The SMILES string of the molecule is CS(O)(O)C1(c2cc(N3CCOCC3)nc(-c3ccc(NC(=O)NCCCO)cc3)n2)CC1. The van der Waals surface area contributed by atoms with Crippen molar-refractivity contribution in [2.24, 2.45) is 0 Å². The second-order valence-corrected chi connectivity index (χ2v) is 10.8. The number of hydrogen-bond acceptors (Lipinski definition) is 8. The molecule has 4 rings (SSSR count). The molecule has 5 N–H and O–H groups in total. The summed E-state index contributed by atoms with van der Waals surface area (Å²) in [4.78, 5) is 23.6. The number of carbonyl (C=O) groups excluding carboxylic acids is 1. The number of nitrogens with one attached hydrogen (secondary N) is 2. The number of ether oxygens (including phenoxy) is 1. The highest BCUT2D eigenvalue weighted by Gasteiger charge is 2.55. The normalized spacial score (nSPS) is 18.0. The third kappa shape index (κ3) is 5.39. The van der Waals surface area contributed by atoms with Crippen LogP contribution in [-0.4, -0.2) is 75.9 Å². The molecular formula is C22H31N5O5S. The highest BCUT2D eigenvalue weighted by Crippen LogP contribution is 2.69. The number of carbonyl (C=O) groups is 1. The van der Waals surface area contributed by atoms with Crippen LogP contribution in [0, 0.1) is 0 Å². The molecule has 2 aromatic rings. The van der Waals surface area contributed by atoms with Gasteiger partial charge in [-0.05, 0) is 43.5 Å². The summed E-state index contributed by atoms with van der Waals surface area (Å²) in [5.74, 6) is 1.25. The Morgan fingerprint density at radius 1 is 1.18 bits per heavy atom. The number of anilines is 2. The smallest absolute Gasteiger partial charge is 0.319 e. The van der Waals surface area contributed by atoms with Crippen LogP contribution in [0.25, 0.3) is 11.4 Å². The van der Waals surface area contributed by atoms with Crippen molar-refractivity contribution in [1.29, 1.82) is 0 Å². The predicted octanol–water partition coefficient (Wildman–Crippen LogP) is 2.85. The van der Waals surface area contributed by atoms with Crippen LogP contribution in [0.15, 0.2) is 30.3 Å². The first-order valence-electron chi connectivity index (χ1n) is 11.0. The molecule has 0 radical (unpaired) electrons. The molecule has 1 saturated heterocycles. The number of morpholine rings is 1. The topological polar surface area (TPSA) is 140 Å². The van der Waals surface area contributed by atoms with E-state index in [9.17, 15) is 13.9 Å². The van der Waals surface area contributed by atoms with E-state index in [1.54, 1.807) is 12.1 Å². The zero-order valence-corrected chi connectivity index (χ0v) is 19.5. The van der Waals surface area contributed by atoms with E-state index in [1.165, 1.54) is 6.26 Å². The van der Waals surface area contributed by atoms with Crippen LogP contribution in [0.3, 0.4) is 0 Å². The summed E-state index contributed by atoms with van der Waals surface area (Å²) in [6.07, 6.45) is 3.34. The summed E-state index contributed by atoms with van der Waals surface area (Å²) in [5.41, 5.74) is 2.04. The first-order chi connectivity index (χ1) is 15.8. The molecule has 180 valence electrons. The first kappa shape index (κ1) is 23.7. The third-order valence-electron chi connectivity index (χ3n) is 5.98. The molecule has 1 saturated carbocycles. The standard InChI is InChI=1S/C22H31N5O5S/c1-33(30,31)22(7-8-22)18-15-19(27-10-13-32-14-11-27)26-20(25-18)16-3-5-17(6-4-16)24-21(29)23-9-2-12-28/h3-6,15,28,30-31H,2,7-14H2,1H3,(H2,23,24,29). The summed E-state index contributed by atoms with van der Waals surface area (Å²) in [7, 11) is -2.82. The molecule has 2 heterocycles. The average molecular weight is 478 g/mol. The van der Waals surface area contributed by atoms with E-state index in [0.29, 0.717) is 69.3 Å². The first-order valence-corrected chi connectivity index (χ1v) is 13.0. The number of hydrogen-bond donors (Lipinski definition) is 5. The van der Waals surface area contributed by atoms with Gasteiger partial charge < -0.3 is 25.4 Å². The van der Waals surface area contributed by atoms with Crippen molar-refractivity contribution in [3.63, 3.8) is 0 Å². The molecule has 0 atom stereocenters. The Balaban J connectivity index is 1.60. The van der Waals surface area contributed by atoms with Crippen LogP contribution in [-0.2, 0) is 9.48 Å². The molecule has 33 heavy (non-hydrogen) atoms. The fourth-order valence-corrected chi connectivity index (χ4v) is 5.24. The highest BCUT2D eigenvalue weighted by molar-refractivity contribution is 8.24. The van der Waals surface area contributed by atoms with Gasteiger partial charge in [-0.3, -0.25) is 9.11 Å². The molecule has 11 heteroatoms. The third-order valence-corrected chi connectivity index (χ3v) is 8.08. The lowest BCUT2D eigenvalue weighted by molar-refractivity contribution is 0.122. The number of benzene rings is 1. The van der Waals surface area contributed by atoms with Crippen LogP contribution in [0.1, 0.15) is 25.0 Å². The van der Waals surface area contributed by atoms with Crippen LogP contribution in [0.5, 0.6) is 0 Å². The molecule has 10 nitrogen and oxygen atoms in total. The minimum absolute atomic E-state index is 0.0228. The van der Waals surface area contributed by atoms with E-state index in [0.717, 1.165) is 11.4 Å². The molecule has 1 aliphatic carbocycles. The predicted molar refractivity (Wildman–Crippen MR) is 129 cm³/mol. The van der Waals surface area contributed by atoms with Crippen LogP contribution in [0.4, 0.5) is 16.3 Å². The second kappa shape index (κ2) is 9.82. The zero-order valence-electron chi connectivity index (χ0n) is 18.7. The Hall–Kier alpha value is -2.44. The lowest BCUT2D eigenvalue weighted by atomic mass is 10.1. The maximum Gasteiger partial charge on any atom is 0.319 e. The fraction of sp³-hybridized carbons (Fsp3) is 0.500. The van der Waals surface area contributed by atoms with Crippen molar-refractivity contribution in [3.05, 3.63) is 36.0 Å². The molecule has 0 bridgehead atoms. The fourth-order valence-electron chi connectivity index (χ4n) is 3.86. The number of aliphatic hydroxyl groups excluding tert-OH is 1. The summed E-state index contributed by atoms with van der Waals surface area (Å²) in [6, 6.07) is 8.74. The maximum atomic E-state index is 11.9. The summed E-state index contributed by atoms with van der Waals surface area (Å²) in [6.45, 7) is 3.06. The molecule has 2 aliphatic rings. The van der Waals surface area contributed by atoms with E-state index in [4.69, 9.17) is 19.8 Å². The van der Waals surface area contributed by atoms with Gasteiger partial charge in [0.25, 0.3) is 0 Å². The quantitative estimate of drug-likeness (QED) is 0.366. The van der Waals surface area contributed by atoms with Gasteiger partial charge in [-0.15, -0.1) is 0 Å². The van der Waals surface area contributed by atoms with Crippen molar-refractivity contribution in [1.82, 2.24) is 15.3 Å². The number of aromatic nitrogens is 2. The van der Waals surface area contributed by atoms with E-state index >= 15 is 0 Å². The van der Waals surface area contributed by atoms with Crippen LogP contribution < -0.4 is 15.5 Å². The van der Waals surface area contributed by atoms with Crippen molar-refractivity contribution in [2.75, 3.05) is 55.9 Å². The molecular weight excluding hydrogens is 446 g/mol. The molecule has 0 spiro atoms. The van der Waals surface area contributed by atoms with Gasteiger partial charge in [0.05, 0.1) is 18.9 Å². The number of nitrogens with zero attached hydrogens (tertiary/aromatic N) is 3. The molecule has 1 aliphatic heterocycles. The minimum Gasteiger partial charge on any atom is -0.396 e. The van der Waals surface area contributed by atoms with Gasteiger partial charge in [0.1, 0.15) is 10.6 Å². The van der Waals surface area contributed by atoms with Gasteiger partial charge in [0.15, 0.2) is 5.82 Å². The van der Waals surface area contributed by atoms with Crippen molar-refractivity contribution in [2.45, 2.75) is 24.0 Å². The molecule has 2 fully saturated rings. The van der Waals surface area contributed by atoms with Crippen LogP contribution in [0.2, 0.25) is 0 Å². The maximum absolute atomic E-state index is 11.9. The van der Waals surface area contributed by atoms with Gasteiger partial charge in [-0.2, -0.15) is 10.6 Å². The Bertz CT molecular complexity index is 972. The molecule has 1 aromatic carbocycles. The van der Waals surface area contributed by atoms with Gasteiger partial charge in [0.2, 0.25) is 0 Å². The van der Waals surface area contributed by atoms with Crippen LogP contribution >= 0.6 is 10.6 Å². The van der Waals surface area contributed by atoms with E-state index in [-0.39, 0.29) is 12.6 Å². The van der Waals surface area contributed by atoms with Gasteiger partial charge in [-0.25, -0.2) is 14.8 Å². The number of rotatable bonds is 8. The summed E-state index contributed by atoms with van der Waals surface area (Å²) < 4.78 is 25.8. The summed E-state index contributed by atoms with van der Waals surface area (Å²) >= 11 is 0. The highest BCUT2D eigenvalue weighted by atomic mass is 32.3. The second-order valence-electron chi connectivity index (χ2n) is 8.40. The zero-order chi connectivity index (χ0) is 23.5. The van der Waals surface area contributed by atoms with E-state index in [2.05, 4.69) is 15.5 Å². The van der Waals surface area contributed by atoms with Gasteiger partial charge in [0, 0.05) is 49.8 Å². The number of amides is 2. The molecule has 0 unspecified atom stereocenters. The molecule has 2 amide bonds. The Kier molecular flexibility index (Phi) is 7.05. The van der Waals surface area contributed by atoms with Crippen molar-refractivity contribution < 1.29 is 23.7 Å². The summed E-state index contributed by atoms with van der Waals surface area (Å²) in [5, 5.41) is 14.2. The monoisotopic (exact) mass is 477 g/mol. The average Bonchev–Trinajstić information content (AvgIpc) is 3.63. The van der Waals surface area contributed by atoms with Crippen molar-refractivity contribution in [3.8, 4) is 11.4 Å². The Labute approximate surface area is 194 Å². The largest absolute Gasteiger partial charge is 0.396 e. The molecule has 1 aromatic heterocycles. The number of aliphatic hydroxyl groups is 1. The van der Waals surface area contributed by atoms with E-state index < -0.39 is 15.3 Å². The number of urea groups is 1. The lowest BCUT2D eigenvalue weighted by Crippen LogP contribution is -2.37. The minimum atomic E-state index is -2.82. The lowest BCUT2D eigenvalue weighted by Gasteiger charge is -2.37.